The molecule has 1 aromatic heterocycles. The van der Waals surface area contributed by atoms with Gasteiger partial charge in [-0.3, -0.25) is 4.79 Å². The number of carbonyl (C=O) groups is 1. The molecule has 0 bridgehead atoms. The van der Waals surface area contributed by atoms with Crippen LogP contribution in [-0.2, 0) is 12.3 Å². The normalized spacial score (nSPS) is 13.3. The van der Waals surface area contributed by atoms with E-state index in [0.717, 1.165) is 48.9 Å². The van der Waals surface area contributed by atoms with Crippen molar-refractivity contribution in [2.24, 2.45) is 0 Å². The number of carbonyl (C=O) groups excluding carboxylic acids is 1. The lowest BCUT2D eigenvalue weighted by molar-refractivity contribution is 0.0951. The number of ether oxygens (including phenoxy) is 1. The van der Waals surface area contributed by atoms with Gasteiger partial charge in [0.1, 0.15) is 22.5 Å². The SMILES string of the molecule is COc1ccc(N2CCN(c3cc(Cl)nc(SCc4cccc(C(=O)NCc5ccc(F)cc5)c4)n3)CC2)cc1. The fourth-order valence-electron chi connectivity index (χ4n) is 4.44. The number of thioether (sulfide) groups is 1. The van der Waals surface area contributed by atoms with Crippen molar-refractivity contribution in [1.29, 1.82) is 0 Å². The summed E-state index contributed by atoms with van der Waals surface area (Å²) in [7, 11) is 1.67. The average molecular weight is 578 g/mol. The number of amides is 1. The van der Waals surface area contributed by atoms with Crippen LogP contribution < -0.4 is 19.9 Å². The lowest BCUT2D eigenvalue weighted by atomic mass is 10.1. The van der Waals surface area contributed by atoms with E-state index in [4.69, 9.17) is 21.3 Å². The molecule has 206 valence electrons. The molecule has 7 nitrogen and oxygen atoms in total. The molecule has 1 fully saturated rings. The highest BCUT2D eigenvalue weighted by Gasteiger charge is 2.20. The third-order valence-corrected chi connectivity index (χ3v) is 7.74. The van der Waals surface area contributed by atoms with Crippen LogP contribution in [0, 0.1) is 5.82 Å². The molecule has 0 radical (unpaired) electrons. The molecule has 0 atom stereocenters. The van der Waals surface area contributed by atoms with Crippen LogP contribution in [-0.4, -0.2) is 49.2 Å². The first-order valence-electron chi connectivity index (χ1n) is 12.9. The Morgan fingerprint density at radius 2 is 1.68 bits per heavy atom. The molecule has 0 saturated carbocycles. The summed E-state index contributed by atoms with van der Waals surface area (Å²) >= 11 is 7.85. The second kappa shape index (κ2) is 13.0. The standard InChI is InChI=1S/C30H29ClFN5O2S/c1-39-26-11-9-25(10-12-26)36-13-15-37(16-14-36)28-18-27(31)34-30(35-28)40-20-22-3-2-4-23(17-22)29(38)33-19-21-5-7-24(32)8-6-21/h2-12,17-18H,13-16,19-20H2,1H3,(H,33,38). The van der Waals surface area contributed by atoms with Crippen LogP contribution in [0.5, 0.6) is 5.75 Å². The highest BCUT2D eigenvalue weighted by Crippen LogP contribution is 2.27. The largest absolute Gasteiger partial charge is 0.497 e. The Balaban J connectivity index is 1.16. The van der Waals surface area contributed by atoms with Gasteiger partial charge in [-0.25, -0.2) is 14.4 Å². The van der Waals surface area contributed by atoms with Gasteiger partial charge in [-0.15, -0.1) is 0 Å². The Kier molecular flexibility index (Phi) is 9.03. The number of anilines is 2. The topological polar surface area (TPSA) is 70.6 Å². The molecule has 1 aliphatic rings. The van der Waals surface area contributed by atoms with Gasteiger partial charge < -0.3 is 19.9 Å². The third-order valence-electron chi connectivity index (χ3n) is 6.63. The number of rotatable bonds is 9. The van der Waals surface area contributed by atoms with Crippen molar-refractivity contribution in [2.45, 2.75) is 17.5 Å². The first-order valence-corrected chi connectivity index (χ1v) is 14.3. The van der Waals surface area contributed by atoms with Gasteiger partial charge in [0.2, 0.25) is 0 Å². The van der Waals surface area contributed by atoms with Crippen LogP contribution in [0.4, 0.5) is 15.9 Å². The molecule has 1 N–H and O–H groups in total. The Hall–Kier alpha value is -3.82. The van der Waals surface area contributed by atoms with Crippen molar-refractivity contribution < 1.29 is 13.9 Å². The van der Waals surface area contributed by atoms with E-state index in [9.17, 15) is 9.18 Å². The molecule has 2 heterocycles. The van der Waals surface area contributed by atoms with E-state index in [0.29, 0.717) is 28.2 Å². The van der Waals surface area contributed by atoms with Crippen molar-refractivity contribution in [3.63, 3.8) is 0 Å². The molecule has 4 aromatic rings. The maximum absolute atomic E-state index is 13.1. The van der Waals surface area contributed by atoms with E-state index in [1.165, 1.54) is 29.6 Å². The molecule has 1 saturated heterocycles. The summed E-state index contributed by atoms with van der Waals surface area (Å²) in [6, 6.07) is 23.4. The Morgan fingerprint density at radius 1 is 0.950 bits per heavy atom. The van der Waals surface area contributed by atoms with Gasteiger partial charge in [-0.1, -0.05) is 47.6 Å². The minimum Gasteiger partial charge on any atom is -0.497 e. The summed E-state index contributed by atoms with van der Waals surface area (Å²) < 4.78 is 18.4. The quantitative estimate of drug-likeness (QED) is 0.152. The molecule has 1 amide bonds. The predicted molar refractivity (Wildman–Crippen MR) is 158 cm³/mol. The van der Waals surface area contributed by atoms with Crippen molar-refractivity contribution >= 4 is 40.8 Å². The zero-order valence-corrected chi connectivity index (χ0v) is 23.6. The Morgan fingerprint density at radius 3 is 2.40 bits per heavy atom. The van der Waals surface area contributed by atoms with Crippen LogP contribution >= 0.6 is 23.4 Å². The Labute approximate surface area is 242 Å². The van der Waals surface area contributed by atoms with Crippen molar-refractivity contribution in [2.75, 3.05) is 43.1 Å². The molecule has 40 heavy (non-hydrogen) atoms. The molecule has 10 heteroatoms. The molecule has 3 aromatic carbocycles. The van der Waals surface area contributed by atoms with Gasteiger partial charge in [0.05, 0.1) is 7.11 Å². The Bertz CT molecular complexity index is 1450. The first kappa shape index (κ1) is 27.7. The maximum Gasteiger partial charge on any atom is 0.251 e. The molecule has 5 rings (SSSR count). The summed E-state index contributed by atoms with van der Waals surface area (Å²) in [5.74, 6) is 1.75. The predicted octanol–water partition coefficient (Wildman–Crippen LogP) is 5.83. The van der Waals surface area contributed by atoms with Gasteiger partial charge in [0, 0.05) is 55.8 Å². The summed E-state index contributed by atoms with van der Waals surface area (Å²) in [6.45, 7) is 3.70. The average Bonchev–Trinajstić information content (AvgIpc) is 2.99. The van der Waals surface area contributed by atoms with Gasteiger partial charge in [-0.05, 0) is 59.7 Å². The van der Waals surface area contributed by atoms with Crippen molar-refractivity contribution in [3.05, 3.63) is 107 Å². The number of hydrogen-bond donors (Lipinski definition) is 1. The lowest BCUT2D eigenvalue weighted by Crippen LogP contribution is -2.46. The number of methoxy groups -OCH3 is 1. The fourth-order valence-corrected chi connectivity index (χ4v) is 5.46. The van der Waals surface area contributed by atoms with E-state index in [1.54, 1.807) is 31.4 Å². The third kappa shape index (κ3) is 7.22. The minimum atomic E-state index is -0.302. The van der Waals surface area contributed by atoms with E-state index in [-0.39, 0.29) is 11.7 Å². The van der Waals surface area contributed by atoms with Gasteiger partial charge in [0.15, 0.2) is 5.16 Å². The number of aromatic nitrogens is 2. The first-order chi connectivity index (χ1) is 19.5. The van der Waals surface area contributed by atoms with Crippen LogP contribution in [0.15, 0.2) is 84.0 Å². The summed E-state index contributed by atoms with van der Waals surface area (Å²) in [4.78, 5) is 26.4. The molecule has 1 aliphatic heterocycles. The summed E-state index contributed by atoms with van der Waals surface area (Å²) in [5.41, 5.74) is 3.53. The van der Waals surface area contributed by atoms with Gasteiger partial charge in [0.25, 0.3) is 5.91 Å². The van der Waals surface area contributed by atoms with E-state index in [1.807, 2.05) is 30.3 Å². The molecular weight excluding hydrogens is 549 g/mol. The minimum absolute atomic E-state index is 0.189. The summed E-state index contributed by atoms with van der Waals surface area (Å²) in [6.07, 6.45) is 0. The zero-order chi connectivity index (χ0) is 27.9. The fraction of sp³-hybridized carbons (Fsp3) is 0.233. The maximum atomic E-state index is 13.1. The molecule has 0 unspecified atom stereocenters. The van der Waals surface area contributed by atoms with Crippen molar-refractivity contribution in [3.8, 4) is 5.75 Å². The number of benzene rings is 3. The zero-order valence-electron chi connectivity index (χ0n) is 22.0. The number of nitrogens with one attached hydrogen (secondary N) is 1. The molecular formula is C30H29ClFN5O2S. The summed E-state index contributed by atoms with van der Waals surface area (Å²) in [5, 5.41) is 3.87. The highest BCUT2D eigenvalue weighted by molar-refractivity contribution is 7.98. The van der Waals surface area contributed by atoms with Crippen LogP contribution in [0.2, 0.25) is 5.15 Å². The second-order valence-corrected chi connectivity index (χ2v) is 10.6. The van der Waals surface area contributed by atoms with Crippen LogP contribution in [0.3, 0.4) is 0 Å². The van der Waals surface area contributed by atoms with Gasteiger partial charge >= 0.3 is 0 Å². The number of halogens is 2. The van der Waals surface area contributed by atoms with E-state index in [2.05, 4.69) is 32.2 Å². The van der Waals surface area contributed by atoms with Crippen LogP contribution in [0.25, 0.3) is 0 Å². The monoisotopic (exact) mass is 577 g/mol. The van der Waals surface area contributed by atoms with Gasteiger partial charge in [-0.2, -0.15) is 0 Å². The van der Waals surface area contributed by atoms with E-state index >= 15 is 0 Å². The second-order valence-electron chi connectivity index (χ2n) is 9.30. The molecule has 0 aliphatic carbocycles. The molecule has 0 spiro atoms. The number of nitrogens with zero attached hydrogens (tertiary/aromatic N) is 4. The van der Waals surface area contributed by atoms with Crippen molar-refractivity contribution in [1.82, 2.24) is 15.3 Å². The highest BCUT2D eigenvalue weighted by atomic mass is 35.5. The lowest BCUT2D eigenvalue weighted by Gasteiger charge is -2.36. The number of hydrogen-bond acceptors (Lipinski definition) is 7. The number of piperazine rings is 1. The van der Waals surface area contributed by atoms with Crippen LogP contribution in [0.1, 0.15) is 21.5 Å². The van der Waals surface area contributed by atoms with E-state index < -0.39 is 0 Å². The smallest absolute Gasteiger partial charge is 0.251 e.